The third-order valence-electron chi connectivity index (χ3n) is 10.6. The van der Waals surface area contributed by atoms with Crippen molar-refractivity contribution in [2.24, 2.45) is 5.92 Å². The average Bonchev–Trinajstić information content (AvgIpc) is 3.62. The van der Waals surface area contributed by atoms with Crippen molar-refractivity contribution in [3.05, 3.63) is 91.8 Å². The van der Waals surface area contributed by atoms with Gasteiger partial charge in [-0.25, -0.2) is 29.3 Å². The van der Waals surface area contributed by atoms with Crippen LogP contribution >= 0.6 is 27.5 Å². The molecule has 0 unspecified atom stereocenters. The van der Waals surface area contributed by atoms with Crippen LogP contribution in [0.15, 0.2) is 64.4 Å². The topological polar surface area (TPSA) is 236 Å². The number of halogens is 2. The first-order chi connectivity index (χ1) is 28.3. The maximum absolute atomic E-state index is 13.2. The number of ether oxygens (including phenoxy) is 1. The Morgan fingerprint density at radius 2 is 1.73 bits per heavy atom. The number of anilines is 1. The SMILES string of the molecule is O=C(C[C@H]1NCCC[C@@H]1OC(=O)NS(=O)(=O)NCC1CCN(C(=O)Nc2nccnc2C(=O)NC2Cc3ccccc3C2)CC1)Cn1cnc2cc(Br)c(Cl)cc2c1=O. The second-order valence-corrected chi connectivity index (χ2v) is 17.5. The Morgan fingerprint density at radius 1 is 1.00 bits per heavy atom. The zero-order valence-electron chi connectivity index (χ0n) is 31.7. The van der Waals surface area contributed by atoms with Gasteiger partial charge >= 0.3 is 22.3 Å². The van der Waals surface area contributed by atoms with E-state index >= 15 is 0 Å². The van der Waals surface area contributed by atoms with E-state index in [9.17, 15) is 32.4 Å². The second-order valence-electron chi connectivity index (χ2n) is 14.8. The highest BCUT2D eigenvalue weighted by Crippen LogP contribution is 2.26. The number of likely N-dealkylation sites (tertiary alicyclic amines) is 1. The molecule has 2 atom stereocenters. The third kappa shape index (κ3) is 10.6. The molecular weight excluding hydrogens is 872 g/mol. The number of ketones is 1. The highest BCUT2D eigenvalue weighted by molar-refractivity contribution is 9.10. The Bertz CT molecular complexity index is 2410. The van der Waals surface area contributed by atoms with E-state index < -0.39 is 45.9 Å². The molecule has 0 radical (unpaired) electrons. The van der Waals surface area contributed by atoms with Crippen molar-refractivity contribution in [3.63, 3.8) is 0 Å². The van der Waals surface area contributed by atoms with Crippen molar-refractivity contribution < 1.29 is 32.3 Å². The van der Waals surface area contributed by atoms with Crippen LogP contribution in [0.3, 0.4) is 0 Å². The van der Waals surface area contributed by atoms with Crippen LogP contribution in [0, 0.1) is 5.92 Å². The molecule has 18 nitrogen and oxygen atoms in total. The molecule has 59 heavy (non-hydrogen) atoms. The number of nitrogens with zero attached hydrogens (tertiary/aromatic N) is 5. The first-order valence-corrected chi connectivity index (χ1v) is 21.8. The van der Waals surface area contributed by atoms with Gasteiger partial charge in [0, 0.05) is 49.0 Å². The van der Waals surface area contributed by atoms with Gasteiger partial charge in [0.05, 0.1) is 34.8 Å². The molecule has 0 spiro atoms. The number of benzene rings is 2. The van der Waals surface area contributed by atoms with Crippen molar-refractivity contribution in [3.8, 4) is 0 Å². The number of hydrogen-bond acceptors (Lipinski definition) is 12. The highest BCUT2D eigenvalue weighted by Gasteiger charge is 2.32. The van der Waals surface area contributed by atoms with Crippen molar-refractivity contribution in [2.45, 2.75) is 69.7 Å². The van der Waals surface area contributed by atoms with E-state index in [4.69, 9.17) is 16.3 Å². The first kappa shape index (κ1) is 42.1. The molecule has 2 aliphatic heterocycles. The molecule has 21 heteroatoms. The van der Waals surface area contributed by atoms with Gasteiger partial charge in [-0.2, -0.15) is 13.1 Å². The molecule has 4 amide bonds. The standard InChI is InChI=1S/C38H42BrClN10O8S/c39-28-18-30-27(17-29(28)40)36(53)50(21-44-30)20-26(51)16-31-32(6-3-9-41-31)58-38(55)48-59(56,57)45-19-22-7-12-49(13-8-22)37(54)47-34-33(42-10-11-43-34)35(52)46-25-14-23-4-1-2-5-24(23)15-25/h1-2,4-5,10-11,17-18,21-22,25,31-32,41,45H,3,6-9,12-16,19-20H2,(H,46,52)(H,48,55)(H,43,47,54)/t31-,32+/m1/s1. The van der Waals surface area contributed by atoms with E-state index in [0.29, 0.717) is 73.2 Å². The number of rotatable bonds is 12. The maximum atomic E-state index is 13.2. The fraction of sp³-hybridized carbons (Fsp3) is 0.421. The molecule has 4 heterocycles. The smallest absolute Gasteiger partial charge is 0.422 e. The van der Waals surface area contributed by atoms with E-state index in [-0.39, 0.29) is 54.2 Å². The zero-order valence-corrected chi connectivity index (χ0v) is 34.8. The number of hydrogen-bond donors (Lipinski definition) is 5. The fourth-order valence-electron chi connectivity index (χ4n) is 7.60. The number of nitrogens with one attached hydrogen (secondary N) is 5. The Morgan fingerprint density at radius 3 is 2.47 bits per heavy atom. The molecule has 2 aromatic heterocycles. The summed E-state index contributed by atoms with van der Waals surface area (Å²) in [5.41, 5.74) is 2.35. The number of aromatic nitrogens is 4. The van der Waals surface area contributed by atoms with Gasteiger partial charge in [0.1, 0.15) is 6.10 Å². The minimum Gasteiger partial charge on any atom is -0.444 e. The van der Waals surface area contributed by atoms with Gasteiger partial charge < -0.3 is 20.3 Å². The number of urea groups is 1. The summed E-state index contributed by atoms with van der Waals surface area (Å²) in [6.07, 6.45) is 5.32. The van der Waals surface area contributed by atoms with Gasteiger partial charge in [-0.1, -0.05) is 35.9 Å². The lowest BCUT2D eigenvalue weighted by Crippen LogP contribution is -2.51. The minimum absolute atomic E-state index is 0.00360. The summed E-state index contributed by atoms with van der Waals surface area (Å²) in [6.45, 7) is 0.907. The molecule has 0 bridgehead atoms. The van der Waals surface area contributed by atoms with Crippen LogP contribution in [-0.4, -0.2) is 101 Å². The Labute approximate surface area is 352 Å². The molecular formula is C38H42BrClN10O8S. The minimum atomic E-state index is -4.31. The van der Waals surface area contributed by atoms with Crippen LogP contribution in [0.5, 0.6) is 0 Å². The summed E-state index contributed by atoms with van der Waals surface area (Å²) in [6, 6.07) is 9.93. The largest absolute Gasteiger partial charge is 0.444 e. The van der Waals surface area contributed by atoms with Crippen LogP contribution in [-0.2, 0) is 39.1 Å². The molecule has 1 aliphatic carbocycles. The van der Waals surface area contributed by atoms with E-state index in [1.165, 1.54) is 40.5 Å². The van der Waals surface area contributed by atoms with E-state index in [1.54, 1.807) is 11.0 Å². The van der Waals surface area contributed by atoms with Crippen LogP contribution in [0.1, 0.15) is 53.7 Å². The Balaban J connectivity index is 0.841. The summed E-state index contributed by atoms with van der Waals surface area (Å²) in [7, 11) is -4.31. The van der Waals surface area contributed by atoms with Crippen molar-refractivity contribution in [1.29, 1.82) is 0 Å². The number of carbonyl (C=O) groups is 4. The molecule has 3 aliphatic rings. The van der Waals surface area contributed by atoms with Crippen LogP contribution in [0.25, 0.3) is 10.9 Å². The summed E-state index contributed by atoms with van der Waals surface area (Å²) in [5, 5.41) is 9.44. The van der Waals surface area contributed by atoms with Crippen molar-refractivity contribution >= 4 is 78.3 Å². The van der Waals surface area contributed by atoms with Crippen molar-refractivity contribution in [2.75, 3.05) is 31.5 Å². The van der Waals surface area contributed by atoms with Crippen molar-refractivity contribution in [1.82, 2.24) is 44.5 Å². The van der Waals surface area contributed by atoms with E-state index in [2.05, 4.69) is 51.6 Å². The average molecular weight is 914 g/mol. The Hall–Kier alpha value is -5.02. The molecule has 2 saturated heterocycles. The maximum Gasteiger partial charge on any atom is 0.422 e. The van der Waals surface area contributed by atoms with Gasteiger partial charge in [-0.3, -0.25) is 24.3 Å². The third-order valence-corrected chi connectivity index (χ3v) is 12.8. The summed E-state index contributed by atoms with van der Waals surface area (Å²) in [5.74, 6) is -0.863. The predicted octanol–water partition coefficient (Wildman–Crippen LogP) is 3.08. The molecule has 7 rings (SSSR count). The molecule has 312 valence electrons. The summed E-state index contributed by atoms with van der Waals surface area (Å²) in [4.78, 5) is 79.4. The van der Waals surface area contributed by atoms with Gasteiger partial charge in [0.15, 0.2) is 17.3 Å². The van der Waals surface area contributed by atoms with Gasteiger partial charge in [0.25, 0.3) is 11.5 Å². The number of fused-ring (bicyclic) bond motifs is 2. The molecule has 5 N–H and O–H groups in total. The fourth-order valence-corrected chi connectivity index (χ4v) is 8.89. The van der Waals surface area contributed by atoms with Crippen LogP contribution in [0.2, 0.25) is 5.02 Å². The lowest BCUT2D eigenvalue weighted by atomic mass is 9.96. The number of carbonyl (C=O) groups excluding carboxylic acids is 4. The first-order valence-electron chi connectivity index (χ1n) is 19.1. The normalized spacial score (nSPS) is 18.6. The number of Topliss-reactive ketones (excluding diaryl/α,β-unsaturated/α-hetero) is 1. The van der Waals surface area contributed by atoms with Crippen LogP contribution in [0.4, 0.5) is 15.4 Å². The lowest BCUT2D eigenvalue weighted by molar-refractivity contribution is -0.121. The monoisotopic (exact) mass is 912 g/mol. The molecule has 4 aromatic rings. The highest BCUT2D eigenvalue weighted by atomic mass is 79.9. The zero-order chi connectivity index (χ0) is 41.7. The van der Waals surface area contributed by atoms with E-state index in [0.717, 1.165) is 0 Å². The number of amides is 4. The van der Waals surface area contributed by atoms with Gasteiger partial charge in [0.2, 0.25) is 0 Å². The van der Waals surface area contributed by atoms with Gasteiger partial charge in [-0.15, -0.1) is 0 Å². The lowest BCUT2D eigenvalue weighted by Gasteiger charge is -2.32. The Kier molecular flexibility index (Phi) is 13.2. The molecule has 0 saturated carbocycles. The summed E-state index contributed by atoms with van der Waals surface area (Å²) < 4.78 is 37.2. The number of piperidine rings is 2. The van der Waals surface area contributed by atoms with Crippen LogP contribution < -0.4 is 31.0 Å². The quantitative estimate of drug-likeness (QED) is 0.138. The summed E-state index contributed by atoms with van der Waals surface area (Å²) >= 11 is 9.46. The molecule has 2 aromatic carbocycles. The molecule has 2 fully saturated rings. The predicted molar refractivity (Wildman–Crippen MR) is 220 cm³/mol. The second kappa shape index (κ2) is 18.5. The van der Waals surface area contributed by atoms with Gasteiger partial charge in [-0.05, 0) is 90.2 Å². The van der Waals surface area contributed by atoms with E-state index in [1.807, 2.05) is 29.0 Å².